The lowest BCUT2D eigenvalue weighted by molar-refractivity contribution is -0.528. The fourth-order valence-corrected chi connectivity index (χ4v) is 2.47. The van der Waals surface area contributed by atoms with Crippen LogP contribution < -0.4 is 0 Å². The Morgan fingerprint density at radius 3 is 0.824 bits per heavy atom. The molecule has 0 N–H and O–H groups in total. The molecule has 0 saturated heterocycles. The van der Waals surface area contributed by atoms with Crippen molar-refractivity contribution in [1.29, 1.82) is 0 Å². The summed E-state index contributed by atoms with van der Waals surface area (Å²) in [7, 11) is 0. The van der Waals surface area contributed by atoms with Crippen LogP contribution in [-0.4, -0.2) is 52.4 Å². The van der Waals surface area contributed by atoms with Gasteiger partial charge in [0.15, 0.2) is 0 Å². The molecule has 0 atom stereocenters. The SMILES string of the molecule is FC(F)=C(F)C(F)(F)N(C(F)(F)C(F)=C(F)F)C1(F)C(F)(F)C(F)(F)C(F)(F)C(F)(F)C1(F)F. The lowest BCUT2D eigenvalue weighted by Gasteiger charge is -2.56. The second kappa shape index (κ2) is 7.48. The Morgan fingerprint density at radius 2 is 0.618 bits per heavy atom. The first-order valence-corrected chi connectivity index (χ1v) is 7.14. The highest BCUT2D eigenvalue weighted by atomic mass is 19.4. The van der Waals surface area contributed by atoms with Crippen LogP contribution in [0.2, 0.25) is 0 Å². The molecule has 0 radical (unpaired) electrons. The van der Waals surface area contributed by atoms with Crippen LogP contribution in [0.25, 0.3) is 0 Å². The molecule has 1 aliphatic rings. The van der Waals surface area contributed by atoms with Gasteiger partial charge in [0.25, 0.3) is 11.7 Å². The van der Waals surface area contributed by atoms with Crippen LogP contribution in [0.1, 0.15) is 0 Å². The van der Waals surface area contributed by atoms with Crippen molar-refractivity contribution in [2.75, 3.05) is 0 Å². The number of rotatable bonds is 5. The van der Waals surface area contributed by atoms with Crippen molar-refractivity contribution in [3.8, 4) is 0 Å². The first-order chi connectivity index (χ1) is 14.6. The molecule has 22 heteroatoms. The Hall–Kier alpha value is -2.03. The van der Waals surface area contributed by atoms with E-state index < -0.39 is 76.2 Å². The molecule has 0 aromatic heterocycles. The maximum Gasteiger partial charge on any atom is 0.384 e. The van der Waals surface area contributed by atoms with Crippen molar-refractivity contribution in [2.24, 2.45) is 0 Å². The summed E-state index contributed by atoms with van der Waals surface area (Å²) >= 11 is 0. The van der Waals surface area contributed by atoms with E-state index >= 15 is 0 Å². The van der Waals surface area contributed by atoms with Crippen LogP contribution >= 0.6 is 0 Å². The molecule has 1 fully saturated rings. The Morgan fingerprint density at radius 1 is 0.412 bits per heavy atom. The molecule has 1 aliphatic carbocycles. The van der Waals surface area contributed by atoms with Crippen molar-refractivity contribution in [3.63, 3.8) is 0 Å². The van der Waals surface area contributed by atoms with Gasteiger partial charge in [-0.3, -0.25) is 0 Å². The predicted octanol–water partition coefficient (Wildman–Crippen LogP) is 7.49. The lowest BCUT2D eigenvalue weighted by Crippen LogP contribution is -2.89. The van der Waals surface area contributed by atoms with Crippen molar-refractivity contribution in [3.05, 3.63) is 23.8 Å². The molecule has 0 aromatic carbocycles. The molecular formula is C12F21N. The summed E-state index contributed by atoms with van der Waals surface area (Å²) in [5.74, 6) is -61.9. The molecule has 0 aliphatic heterocycles. The largest absolute Gasteiger partial charge is 0.384 e. The highest BCUT2D eigenvalue weighted by molar-refractivity contribution is 5.29. The third-order valence-corrected chi connectivity index (χ3v) is 4.14. The van der Waals surface area contributed by atoms with E-state index in [0.717, 1.165) is 0 Å². The zero-order valence-corrected chi connectivity index (χ0v) is 14.4. The third kappa shape index (κ3) is 3.11. The summed E-state index contributed by atoms with van der Waals surface area (Å²) in [6.07, 6.45) is -9.63. The molecule has 1 nitrogen and oxygen atoms in total. The van der Waals surface area contributed by atoms with E-state index in [4.69, 9.17) is 0 Å². The van der Waals surface area contributed by atoms with E-state index in [1.54, 1.807) is 0 Å². The van der Waals surface area contributed by atoms with Gasteiger partial charge in [-0.2, -0.15) is 87.8 Å². The predicted molar refractivity (Wildman–Crippen MR) is 61.0 cm³/mol. The zero-order chi connectivity index (χ0) is 27.9. The van der Waals surface area contributed by atoms with Gasteiger partial charge in [0.1, 0.15) is 0 Å². The van der Waals surface area contributed by atoms with Gasteiger partial charge in [0.2, 0.25) is 0 Å². The Labute approximate surface area is 170 Å². The molecule has 0 unspecified atom stereocenters. The van der Waals surface area contributed by atoms with Gasteiger partial charge >= 0.3 is 59.7 Å². The Kier molecular flexibility index (Phi) is 6.60. The lowest BCUT2D eigenvalue weighted by atomic mass is 9.75. The van der Waals surface area contributed by atoms with Crippen LogP contribution in [0.3, 0.4) is 0 Å². The second-order valence-corrected chi connectivity index (χ2v) is 6.06. The molecule has 0 aromatic rings. The van der Waals surface area contributed by atoms with Crippen LogP contribution in [0.5, 0.6) is 0 Å². The summed E-state index contributed by atoms with van der Waals surface area (Å²) in [4.78, 5) is -4.87. The highest BCUT2D eigenvalue weighted by Crippen LogP contribution is 2.72. The van der Waals surface area contributed by atoms with Crippen LogP contribution in [0.15, 0.2) is 23.8 Å². The number of alkyl halides is 15. The molecule has 0 bridgehead atoms. The van der Waals surface area contributed by atoms with Crippen molar-refractivity contribution in [1.82, 2.24) is 4.90 Å². The van der Waals surface area contributed by atoms with E-state index in [1.165, 1.54) is 0 Å². The normalized spacial score (nSPS) is 24.5. The van der Waals surface area contributed by atoms with Crippen molar-refractivity contribution >= 4 is 0 Å². The molecule has 0 heterocycles. The standard InChI is InChI=1S/C12F21N/c13-1(3(15)16)5(19,20)34(6(21,22)2(14)4(17)18)12(33)10(29,30)8(25,26)7(23,24)9(27,28)11(12,31)32. The number of hydrogen-bond acceptors (Lipinski definition) is 1. The van der Waals surface area contributed by atoms with Gasteiger partial charge in [-0.15, -0.1) is 4.90 Å². The summed E-state index contributed by atoms with van der Waals surface area (Å²) in [5.41, 5.74) is 0. The van der Waals surface area contributed by atoms with E-state index in [-0.39, 0.29) is 0 Å². The maximum absolute atomic E-state index is 14.7. The number of hydrogen-bond donors (Lipinski definition) is 0. The van der Waals surface area contributed by atoms with Crippen molar-refractivity contribution < 1.29 is 92.2 Å². The summed E-state index contributed by atoms with van der Waals surface area (Å²) in [6.45, 7) is 0. The van der Waals surface area contributed by atoms with Gasteiger partial charge in [-0.05, 0) is 0 Å². The van der Waals surface area contributed by atoms with Gasteiger partial charge in [0.05, 0.1) is 0 Å². The van der Waals surface area contributed by atoms with Crippen molar-refractivity contribution in [2.45, 2.75) is 47.5 Å². The Balaban J connectivity index is 4.47. The molecular weight excluding hydrogens is 557 g/mol. The zero-order valence-electron chi connectivity index (χ0n) is 14.4. The number of nitrogens with zero attached hydrogens (tertiary/aromatic N) is 1. The van der Waals surface area contributed by atoms with Crippen LogP contribution in [-0.2, 0) is 0 Å². The summed E-state index contributed by atoms with van der Waals surface area (Å²) in [6, 6.07) is -16.2. The topological polar surface area (TPSA) is 3.24 Å². The minimum absolute atomic E-state index is 4.81. The fourth-order valence-electron chi connectivity index (χ4n) is 2.47. The van der Waals surface area contributed by atoms with E-state index in [9.17, 15) is 92.2 Å². The minimum atomic E-state index is -8.92. The van der Waals surface area contributed by atoms with E-state index in [1.807, 2.05) is 0 Å². The monoisotopic (exact) mass is 557 g/mol. The minimum Gasteiger partial charge on any atom is -0.212 e. The summed E-state index contributed by atoms with van der Waals surface area (Å²) < 4.78 is 279. The van der Waals surface area contributed by atoms with E-state index in [0.29, 0.717) is 0 Å². The first kappa shape index (κ1) is 30.0. The smallest absolute Gasteiger partial charge is 0.212 e. The molecule has 1 saturated carbocycles. The average molecular weight is 557 g/mol. The second-order valence-electron chi connectivity index (χ2n) is 6.06. The molecule has 0 amide bonds. The maximum atomic E-state index is 14.7. The fraction of sp³-hybridized carbons (Fsp3) is 0.667. The highest BCUT2D eigenvalue weighted by Gasteiger charge is 3.04. The Bertz CT molecular complexity index is 821. The molecule has 0 spiro atoms. The average Bonchev–Trinajstić information content (AvgIpc) is 2.64. The van der Waals surface area contributed by atoms with Gasteiger partial charge in [0, 0.05) is 0 Å². The van der Waals surface area contributed by atoms with Gasteiger partial charge in [-0.1, -0.05) is 0 Å². The quantitative estimate of drug-likeness (QED) is 0.250. The number of halogens is 21. The van der Waals surface area contributed by atoms with Crippen LogP contribution in [0.4, 0.5) is 92.2 Å². The van der Waals surface area contributed by atoms with Gasteiger partial charge < -0.3 is 0 Å². The summed E-state index contributed by atoms with van der Waals surface area (Å²) in [5, 5.41) is 0. The van der Waals surface area contributed by atoms with E-state index in [2.05, 4.69) is 0 Å². The molecule has 200 valence electrons. The first-order valence-electron chi connectivity index (χ1n) is 7.14. The van der Waals surface area contributed by atoms with Crippen LogP contribution in [0, 0.1) is 0 Å². The third-order valence-electron chi connectivity index (χ3n) is 4.14. The molecule has 34 heavy (non-hydrogen) atoms. The van der Waals surface area contributed by atoms with Gasteiger partial charge in [-0.25, -0.2) is 4.39 Å². The molecule has 1 rings (SSSR count).